The van der Waals surface area contributed by atoms with Gasteiger partial charge in [0.05, 0.1) is 6.61 Å². The van der Waals surface area contributed by atoms with E-state index in [1.807, 2.05) is 18.2 Å². The fourth-order valence-corrected chi connectivity index (χ4v) is 3.18. The Bertz CT molecular complexity index is 741. The van der Waals surface area contributed by atoms with E-state index in [1.54, 1.807) is 13.0 Å². The minimum Gasteiger partial charge on any atom is -0.472 e. The summed E-state index contributed by atoms with van der Waals surface area (Å²) in [7, 11) is 0. The zero-order valence-electron chi connectivity index (χ0n) is 12.5. The fraction of sp³-hybridized carbons (Fsp3) is 0.375. The van der Waals surface area contributed by atoms with Gasteiger partial charge in [-0.3, -0.25) is 4.79 Å². The van der Waals surface area contributed by atoms with Gasteiger partial charge in [-0.05, 0) is 30.5 Å². The van der Waals surface area contributed by atoms with Crippen molar-refractivity contribution in [2.45, 2.75) is 25.5 Å². The molecule has 0 unspecified atom stereocenters. The highest BCUT2D eigenvalue weighted by atomic mass is 79.9. The first-order valence-corrected chi connectivity index (χ1v) is 8.56. The van der Waals surface area contributed by atoms with Gasteiger partial charge in [0.1, 0.15) is 17.3 Å². The second-order valence-corrected chi connectivity index (χ2v) is 6.61. The number of carbonyl (C=O) groups is 1. The van der Waals surface area contributed by atoms with Gasteiger partial charge in [0.25, 0.3) is 0 Å². The number of benzene rings is 1. The highest BCUT2D eigenvalue weighted by Gasteiger charge is 2.32. The quantitative estimate of drug-likeness (QED) is 0.631. The average Bonchev–Trinajstić information content (AvgIpc) is 2.97. The summed E-state index contributed by atoms with van der Waals surface area (Å²) in [6.45, 7) is 2.73. The van der Waals surface area contributed by atoms with Crippen LogP contribution in [-0.4, -0.2) is 36.3 Å². The Hall–Kier alpha value is -1.37. The van der Waals surface area contributed by atoms with Crippen LogP contribution in [0.1, 0.15) is 13.3 Å². The smallest absolute Gasteiger partial charge is 0.323 e. The molecule has 0 bridgehead atoms. The van der Waals surface area contributed by atoms with E-state index < -0.39 is 0 Å². The van der Waals surface area contributed by atoms with Gasteiger partial charge in [-0.15, -0.1) is 0 Å². The van der Waals surface area contributed by atoms with Crippen molar-refractivity contribution in [2.24, 2.45) is 0 Å². The number of hydrogen-bond donors (Lipinski definition) is 1. The molecule has 2 heterocycles. The second kappa shape index (κ2) is 7.03. The van der Waals surface area contributed by atoms with Crippen molar-refractivity contribution in [3.63, 3.8) is 0 Å². The van der Waals surface area contributed by atoms with Crippen LogP contribution in [0.3, 0.4) is 0 Å². The molecule has 0 aliphatic carbocycles. The van der Waals surface area contributed by atoms with Gasteiger partial charge < -0.3 is 14.8 Å². The summed E-state index contributed by atoms with van der Waals surface area (Å²) in [5, 5.41) is 5.33. The van der Waals surface area contributed by atoms with E-state index in [0.717, 1.165) is 15.2 Å². The van der Waals surface area contributed by atoms with E-state index in [4.69, 9.17) is 21.1 Å². The van der Waals surface area contributed by atoms with Crippen molar-refractivity contribution in [3.05, 3.63) is 33.9 Å². The summed E-state index contributed by atoms with van der Waals surface area (Å²) in [6.07, 6.45) is 0.389. The van der Waals surface area contributed by atoms with Crippen LogP contribution in [0.4, 0.5) is 0 Å². The second-order valence-electron chi connectivity index (χ2n) is 5.30. The maximum absolute atomic E-state index is 11.8. The Labute approximate surface area is 147 Å². The summed E-state index contributed by atoms with van der Waals surface area (Å²) in [5.41, 5.74) is 0. The van der Waals surface area contributed by atoms with Gasteiger partial charge in [-0.25, -0.2) is 4.98 Å². The zero-order valence-corrected chi connectivity index (χ0v) is 14.9. The number of ether oxygens (including phenoxy) is 2. The molecule has 1 saturated heterocycles. The number of hydrogen-bond acceptors (Lipinski definition) is 5. The van der Waals surface area contributed by atoms with Crippen molar-refractivity contribution < 1.29 is 14.3 Å². The standard InChI is InChI=1S/C16H16BrClN2O3/c1-2-22-16(21)13-7-11(8-19-13)23-15-12-6-10(17)4-3-9(12)5-14(18)20-15/h3-6,11,13,19H,2,7-8H2,1H3/t11-,13+/m1/s1. The van der Waals surface area contributed by atoms with Crippen LogP contribution in [0.5, 0.6) is 5.88 Å². The molecule has 2 aromatic rings. The van der Waals surface area contributed by atoms with E-state index in [0.29, 0.717) is 30.6 Å². The number of halogens is 2. The number of rotatable bonds is 4. The van der Waals surface area contributed by atoms with E-state index >= 15 is 0 Å². The van der Waals surface area contributed by atoms with Gasteiger partial charge in [-0.1, -0.05) is 33.6 Å². The SMILES string of the molecule is CCOC(=O)[C@@H]1C[C@@H](Oc2nc(Cl)cc3ccc(Br)cc23)CN1. The lowest BCUT2D eigenvalue weighted by Crippen LogP contribution is -2.32. The Kier molecular flexibility index (Phi) is 5.04. The monoisotopic (exact) mass is 398 g/mol. The first-order chi connectivity index (χ1) is 11.1. The molecule has 0 saturated carbocycles. The molecule has 0 spiro atoms. The van der Waals surface area contributed by atoms with Gasteiger partial charge in [0.15, 0.2) is 0 Å². The first kappa shape index (κ1) is 16.5. The summed E-state index contributed by atoms with van der Waals surface area (Å²) < 4.78 is 12.0. The molecule has 1 aromatic carbocycles. The minimum atomic E-state index is -0.336. The van der Waals surface area contributed by atoms with Crippen LogP contribution >= 0.6 is 27.5 Å². The largest absolute Gasteiger partial charge is 0.472 e. The summed E-state index contributed by atoms with van der Waals surface area (Å²) in [6, 6.07) is 7.30. The number of pyridine rings is 1. The molecule has 1 aliphatic rings. The zero-order chi connectivity index (χ0) is 16.4. The van der Waals surface area contributed by atoms with E-state index in [9.17, 15) is 4.79 Å². The van der Waals surface area contributed by atoms with Crippen molar-refractivity contribution in [1.29, 1.82) is 0 Å². The predicted octanol–water partition coefficient (Wildman–Crippen LogP) is 3.32. The lowest BCUT2D eigenvalue weighted by molar-refractivity contribution is -0.145. The third kappa shape index (κ3) is 3.76. The summed E-state index contributed by atoms with van der Waals surface area (Å²) in [5.74, 6) is 0.232. The number of nitrogens with zero attached hydrogens (tertiary/aromatic N) is 1. The molecule has 1 fully saturated rings. The molecule has 0 radical (unpaired) electrons. The van der Waals surface area contributed by atoms with Crippen LogP contribution in [0, 0.1) is 0 Å². The summed E-state index contributed by atoms with van der Waals surface area (Å²) >= 11 is 9.53. The number of aromatic nitrogens is 1. The van der Waals surface area contributed by atoms with Crippen LogP contribution in [0.25, 0.3) is 10.8 Å². The van der Waals surface area contributed by atoms with Crippen molar-refractivity contribution in [1.82, 2.24) is 10.3 Å². The maximum Gasteiger partial charge on any atom is 0.323 e. The molecule has 0 amide bonds. The lowest BCUT2D eigenvalue weighted by atomic mass is 10.1. The molecule has 1 N–H and O–H groups in total. The Morgan fingerprint density at radius 1 is 1.48 bits per heavy atom. The third-order valence-electron chi connectivity index (χ3n) is 3.67. The van der Waals surface area contributed by atoms with Gasteiger partial charge in [0.2, 0.25) is 5.88 Å². The van der Waals surface area contributed by atoms with Crippen molar-refractivity contribution in [3.8, 4) is 5.88 Å². The topological polar surface area (TPSA) is 60.5 Å². The van der Waals surface area contributed by atoms with Gasteiger partial charge in [0, 0.05) is 22.8 Å². The third-order valence-corrected chi connectivity index (χ3v) is 4.36. The lowest BCUT2D eigenvalue weighted by Gasteiger charge is -2.14. The Morgan fingerprint density at radius 2 is 2.30 bits per heavy atom. The van der Waals surface area contributed by atoms with Crippen LogP contribution < -0.4 is 10.1 Å². The first-order valence-electron chi connectivity index (χ1n) is 7.39. The highest BCUT2D eigenvalue weighted by molar-refractivity contribution is 9.10. The molecule has 122 valence electrons. The molecule has 2 atom stereocenters. The molecule has 1 aliphatic heterocycles. The Balaban J connectivity index is 1.79. The normalized spacial score (nSPS) is 20.7. The minimum absolute atomic E-state index is 0.155. The fourth-order valence-electron chi connectivity index (χ4n) is 2.62. The Morgan fingerprint density at radius 3 is 3.09 bits per heavy atom. The predicted molar refractivity (Wildman–Crippen MR) is 91.9 cm³/mol. The van der Waals surface area contributed by atoms with E-state index in [-0.39, 0.29) is 18.1 Å². The molecule has 3 rings (SSSR count). The molecule has 7 heteroatoms. The number of fused-ring (bicyclic) bond motifs is 1. The van der Waals surface area contributed by atoms with E-state index in [2.05, 4.69) is 26.2 Å². The highest BCUT2D eigenvalue weighted by Crippen LogP contribution is 2.30. The molecule has 5 nitrogen and oxygen atoms in total. The molecular weight excluding hydrogens is 384 g/mol. The summed E-state index contributed by atoms with van der Waals surface area (Å²) in [4.78, 5) is 16.1. The number of esters is 1. The molecule has 23 heavy (non-hydrogen) atoms. The maximum atomic E-state index is 11.8. The molecular formula is C16H16BrClN2O3. The van der Waals surface area contributed by atoms with Crippen LogP contribution in [0.2, 0.25) is 5.15 Å². The number of carbonyl (C=O) groups excluding carboxylic acids is 1. The van der Waals surface area contributed by atoms with Crippen molar-refractivity contribution in [2.75, 3.05) is 13.2 Å². The number of nitrogens with one attached hydrogen (secondary N) is 1. The average molecular weight is 400 g/mol. The van der Waals surface area contributed by atoms with Gasteiger partial charge in [-0.2, -0.15) is 0 Å². The van der Waals surface area contributed by atoms with Crippen LogP contribution in [-0.2, 0) is 9.53 Å². The van der Waals surface area contributed by atoms with Gasteiger partial charge >= 0.3 is 5.97 Å². The van der Waals surface area contributed by atoms with Crippen LogP contribution in [0.15, 0.2) is 28.7 Å². The molecule has 1 aromatic heterocycles. The van der Waals surface area contributed by atoms with Crippen molar-refractivity contribution >= 4 is 44.3 Å². The van der Waals surface area contributed by atoms with E-state index in [1.165, 1.54) is 0 Å².